The molecule has 158 valence electrons. The number of anilines is 2. The Bertz CT molecular complexity index is 916. The molecule has 3 rings (SSSR count). The molecule has 1 heterocycles. The van der Waals surface area contributed by atoms with Gasteiger partial charge in [0, 0.05) is 18.8 Å². The maximum absolute atomic E-state index is 12.8. The molecule has 0 bridgehead atoms. The van der Waals surface area contributed by atoms with Crippen LogP contribution in [-0.2, 0) is 9.59 Å². The molecular weight excluding hydrogens is 388 g/mol. The second-order valence-electron chi connectivity index (χ2n) is 6.61. The van der Waals surface area contributed by atoms with Crippen LogP contribution in [0.5, 0.6) is 11.5 Å². The summed E-state index contributed by atoms with van der Waals surface area (Å²) in [5.74, 6) is 0.415. The second-order valence-corrected chi connectivity index (χ2v) is 6.61. The molecule has 2 aromatic carbocycles. The zero-order valence-electron chi connectivity index (χ0n) is 16.8. The van der Waals surface area contributed by atoms with Gasteiger partial charge in [-0.05, 0) is 36.4 Å². The van der Waals surface area contributed by atoms with Gasteiger partial charge in [0.25, 0.3) is 0 Å². The van der Waals surface area contributed by atoms with Gasteiger partial charge in [0.15, 0.2) is 0 Å². The minimum Gasteiger partial charge on any atom is -0.497 e. The molecule has 1 saturated heterocycles. The first kappa shape index (κ1) is 21.0. The molecular formula is C21H24N4O5. The molecule has 0 spiro atoms. The molecule has 0 radical (unpaired) electrons. The summed E-state index contributed by atoms with van der Waals surface area (Å²) in [5, 5.41) is 8.20. The van der Waals surface area contributed by atoms with E-state index in [-0.39, 0.29) is 24.8 Å². The number of ether oxygens (including phenoxy) is 2. The Kier molecular flexibility index (Phi) is 6.74. The molecule has 1 atom stereocenters. The minimum absolute atomic E-state index is 0.169. The Labute approximate surface area is 174 Å². The highest BCUT2D eigenvalue weighted by Crippen LogP contribution is 2.24. The summed E-state index contributed by atoms with van der Waals surface area (Å²) >= 11 is 0. The van der Waals surface area contributed by atoms with Crippen molar-refractivity contribution >= 4 is 29.2 Å². The predicted molar refractivity (Wildman–Crippen MR) is 112 cm³/mol. The van der Waals surface area contributed by atoms with Gasteiger partial charge in [0.2, 0.25) is 11.8 Å². The molecule has 3 N–H and O–H groups in total. The Morgan fingerprint density at radius 1 is 1.07 bits per heavy atom. The number of para-hydroxylation sites is 2. The Morgan fingerprint density at radius 2 is 1.80 bits per heavy atom. The molecule has 4 amide bonds. The van der Waals surface area contributed by atoms with Gasteiger partial charge in [-0.3, -0.25) is 9.59 Å². The van der Waals surface area contributed by atoms with Gasteiger partial charge in [0.05, 0.1) is 26.3 Å². The van der Waals surface area contributed by atoms with Crippen LogP contribution in [0.3, 0.4) is 0 Å². The number of hydrogen-bond acceptors (Lipinski definition) is 5. The SMILES string of the molecule is COc1ccc(NC(=O)CC2C(=O)NCCN2C(=O)Nc2ccccc2OC)cc1. The first-order valence-electron chi connectivity index (χ1n) is 9.44. The van der Waals surface area contributed by atoms with Gasteiger partial charge in [0.1, 0.15) is 17.5 Å². The van der Waals surface area contributed by atoms with Crippen molar-refractivity contribution < 1.29 is 23.9 Å². The Balaban J connectivity index is 1.68. The first-order valence-corrected chi connectivity index (χ1v) is 9.44. The maximum atomic E-state index is 12.8. The van der Waals surface area contributed by atoms with Gasteiger partial charge in [-0.1, -0.05) is 12.1 Å². The monoisotopic (exact) mass is 412 g/mol. The van der Waals surface area contributed by atoms with E-state index in [9.17, 15) is 14.4 Å². The number of carbonyl (C=O) groups excluding carboxylic acids is 3. The minimum atomic E-state index is -0.924. The van der Waals surface area contributed by atoms with Crippen molar-refractivity contribution in [3.8, 4) is 11.5 Å². The molecule has 1 unspecified atom stereocenters. The summed E-state index contributed by atoms with van der Waals surface area (Å²) in [5.41, 5.74) is 1.06. The van der Waals surface area contributed by atoms with E-state index in [1.807, 2.05) is 0 Å². The number of nitrogens with one attached hydrogen (secondary N) is 3. The molecule has 9 heteroatoms. The Hall–Kier alpha value is -3.75. The fourth-order valence-electron chi connectivity index (χ4n) is 3.16. The van der Waals surface area contributed by atoms with E-state index in [0.717, 1.165) is 0 Å². The molecule has 2 aromatic rings. The normalized spacial score (nSPS) is 15.7. The lowest BCUT2D eigenvalue weighted by Gasteiger charge is -2.34. The van der Waals surface area contributed by atoms with Crippen molar-refractivity contribution in [2.45, 2.75) is 12.5 Å². The van der Waals surface area contributed by atoms with Crippen LogP contribution in [0.2, 0.25) is 0 Å². The average molecular weight is 412 g/mol. The largest absolute Gasteiger partial charge is 0.497 e. The van der Waals surface area contributed by atoms with Crippen LogP contribution in [0.4, 0.5) is 16.2 Å². The fraction of sp³-hybridized carbons (Fsp3) is 0.286. The smallest absolute Gasteiger partial charge is 0.322 e. The molecule has 1 aliphatic heterocycles. The van der Waals surface area contributed by atoms with E-state index in [4.69, 9.17) is 9.47 Å². The van der Waals surface area contributed by atoms with Crippen LogP contribution in [0, 0.1) is 0 Å². The number of hydrogen-bond donors (Lipinski definition) is 3. The van der Waals surface area contributed by atoms with Crippen molar-refractivity contribution in [1.82, 2.24) is 10.2 Å². The predicted octanol–water partition coefficient (Wildman–Crippen LogP) is 2.06. The fourth-order valence-corrected chi connectivity index (χ4v) is 3.16. The summed E-state index contributed by atoms with van der Waals surface area (Å²) in [6.07, 6.45) is -0.169. The lowest BCUT2D eigenvalue weighted by Crippen LogP contribution is -2.59. The van der Waals surface area contributed by atoms with Gasteiger partial charge in [-0.25, -0.2) is 4.79 Å². The van der Waals surface area contributed by atoms with Crippen LogP contribution < -0.4 is 25.4 Å². The quantitative estimate of drug-likeness (QED) is 0.673. The van der Waals surface area contributed by atoms with Crippen LogP contribution >= 0.6 is 0 Å². The van der Waals surface area contributed by atoms with E-state index in [1.54, 1.807) is 55.6 Å². The standard InChI is InChI=1S/C21H24N4O5/c1-29-15-9-7-14(8-10-15)23-19(26)13-17-20(27)22-11-12-25(17)21(28)24-16-5-3-4-6-18(16)30-2/h3-10,17H,11-13H2,1-2H3,(H,22,27)(H,23,26)(H,24,28). The van der Waals surface area contributed by atoms with Gasteiger partial charge >= 0.3 is 6.03 Å². The van der Waals surface area contributed by atoms with Crippen molar-refractivity contribution in [3.05, 3.63) is 48.5 Å². The number of benzene rings is 2. The van der Waals surface area contributed by atoms with Gasteiger partial charge in [-0.15, -0.1) is 0 Å². The molecule has 0 aliphatic carbocycles. The highest BCUT2D eigenvalue weighted by atomic mass is 16.5. The third-order valence-electron chi connectivity index (χ3n) is 4.69. The molecule has 0 aromatic heterocycles. The van der Waals surface area contributed by atoms with E-state index in [0.29, 0.717) is 29.4 Å². The maximum Gasteiger partial charge on any atom is 0.322 e. The summed E-state index contributed by atoms with van der Waals surface area (Å²) in [7, 11) is 3.06. The summed E-state index contributed by atoms with van der Waals surface area (Å²) in [6.45, 7) is 0.599. The average Bonchev–Trinajstić information content (AvgIpc) is 2.76. The van der Waals surface area contributed by atoms with Gasteiger partial charge < -0.3 is 30.3 Å². The topological polar surface area (TPSA) is 109 Å². The number of nitrogens with zero attached hydrogens (tertiary/aromatic N) is 1. The summed E-state index contributed by atoms with van der Waals surface area (Å²) in [4.78, 5) is 39.1. The van der Waals surface area contributed by atoms with Crippen molar-refractivity contribution in [2.24, 2.45) is 0 Å². The lowest BCUT2D eigenvalue weighted by atomic mass is 10.1. The zero-order valence-corrected chi connectivity index (χ0v) is 16.8. The van der Waals surface area contributed by atoms with E-state index < -0.39 is 12.1 Å². The molecule has 9 nitrogen and oxygen atoms in total. The van der Waals surface area contributed by atoms with E-state index in [2.05, 4.69) is 16.0 Å². The molecule has 30 heavy (non-hydrogen) atoms. The first-order chi connectivity index (χ1) is 14.5. The number of carbonyl (C=O) groups is 3. The summed E-state index contributed by atoms with van der Waals surface area (Å²) in [6, 6.07) is 12.4. The van der Waals surface area contributed by atoms with Crippen molar-refractivity contribution in [2.75, 3.05) is 37.9 Å². The van der Waals surface area contributed by atoms with Gasteiger partial charge in [-0.2, -0.15) is 0 Å². The lowest BCUT2D eigenvalue weighted by molar-refractivity contribution is -0.130. The van der Waals surface area contributed by atoms with Crippen LogP contribution in [0.25, 0.3) is 0 Å². The number of piperazine rings is 1. The van der Waals surface area contributed by atoms with Crippen LogP contribution in [0.15, 0.2) is 48.5 Å². The van der Waals surface area contributed by atoms with Crippen LogP contribution in [0.1, 0.15) is 6.42 Å². The van der Waals surface area contributed by atoms with E-state index in [1.165, 1.54) is 12.0 Å². The van der Waals surface area contributed by atoms with Crippen molar-refractivity contribution in [3.63, 3.8) is 0 Å². The number of rotatable bonds is 6. The third kappa shape index (κ3) is 4.99. The Morgan fingerprint density at radius 3 is 2.50 bits per heavy atom. The van der Waals surface area contributed by atoms with Crippen LogP contribution in [-0.4, -0.2) is 56.1 Å². The molecule has 1 aliphatic rings. The summed E-state index contributed by atoms with van der Waals surface area (Å²) < 4.78 is 10.3. The van der Waals surface area contributed by atoms with E-state index >= 15 is 0 Å². The highest BCUT2D eigenvalue weighted by Gasteiger charge is 2.35. The second kappa shape index (κ2) is 9.64. The highest BCUT2D eigenvalue weighted by molar-refractivity contribution is 5.99. The number of urea groups is 1. The zero-order chi connectivity index (χ0) is 21.5. The number of methoxy groups -OCH3 is 2. The third-order valence-corrected chi connectivity index (χ3v) is 4.69. The molecule has 1 fully saturated rings. The number of amides is 4. The van der Waals surface area contributed by atoms with Crippen molar-refractivity contribution in [1.29, 1.82) is 0 Å². The molecule has 0 saturated carbocycles.